The molecule has 0 fully saturated rings. The third kappa shape index (κ3) is 4.57. The lowest BCUT2D eigenvalue weighted by atomic mass is 9.97. The molecule has 2 heteroatoms. The van der Waals surface area contributed by atoms with Crippen LogP contribution in [0.25, 0.3) is 76.5 Å². The molecule has 0 aliphatic heterocycles. The number of hydrogen-bond donors (Lipinski definition) is 0. The first-order chi connectivity index (χ1) is 24.8. The van der Waals surface area contributed by atoms with Crippen LogP contribution in [-0.4, -0.2) is 0 Å². The standard InChI is InChI=1S/C48H31NO/c1-2-11-33(12-3-1)42-29-30-45(47-43-18-8-9-20-46(43)50-48(42)47)49(38-28-25-36-22-21-34-14-5-7-17-41(34)44(36)31-38)37-26-23-35(24-27-37)40-19-10-15-32-13-4-6-16-39(32)40/h1-31H. The molecule has 0 radical (unpaired) electrons. The number of para-hydroxylation sites is 1. The zero-order chi connectivity index (χ0) is 33.0. The van der Waals surface area contributed by atoms with Gasteiger partial charge in [-0.15, -0.1) is 0 Å². The predicted molar refractivity (Wildman–Crippen MR) is 212 cm³/mol. The molecule has 0 saturated carbocycles. The molecule has 0 amide bonds. The van der Waals surface area contributed by atoms with Gasteiger partial charge in [-0.05, 0) is 91.5 Å². The third-order valence-corrected chi connectivity index (χ3v) is 10.0. The van der Waals surface area contributed by atoms with Crippen molar-refractivity contribution in [1.82, 2.24) is 0 Å². The van der Waals surface area contributed by atoms with Gasteiger partial charge in [0.05, 0.1) is 11.1 Å². The fourth-order valence-corrected chi connectivity index (χ4v) is 7.67. The molecule has 0 spiro atoms. The van der Waals surface area contributed by atoms with Crippen LogP contribution in [0.5, 0.6) is 0 Å². The van der Waals surface area contributed by atoms with E-state index >= 15 is 0 Å². The van der Waals surface area contributed by atoms with E-state index in [0.717, 1.165) is 50.1 Å². The Kier molecular flexibility index (Phi) is 6.53. The first-order valence-corrected chi connectivity index (χ1v) is 17.1. The maximum absolute atomic E-state index is 6.72. The summed E-state index contributed by atoms with van der Waals surface area (Å²) in [6.07, 6.45) is 0. The highest BCUT2D eigenvalue weighted by molar-refractivity contribution is 6.17. The van der Waals surface area contributed by atoms with E-state index in [-0.39, 0.29) is 0 Å². The van der Waals surface area contributed by atoms with Crippen LogP contribution < -0.4 is 4.90 Å². The van der Waals surface area contributed by atoms with E-state index in [9.17, 15) is 0 Å². The van der Waals surface area contributed by atoms with E-state index in [1.54, 1.807) is 0 Å². The topological polar surface area (TPSA) is 16.4 Å². The van der Waals surface area contributed by atoms with Crippen molar-refractivity contribution in [3.63, 3.8) is 0 Å². The summed E-state index contributed by atoms with van der Waals surface area (Å²) in [5.41, 5.74) is 9.63. The summed E-state index contributed by atoms with van der Waals surface area (Å²) in [6.45, 7) is 0. The van der Waals surface area contributed by atoms with Gasteiger partial charge in [0.15, 0.2) is 0 Å². The number of furan rings is 1. The van der Waals surface area contributed by atoms with E-state index in [2.05, 4.69) is 187 Å². The van der Waals surface area contributed by atoms with Gasteiger partial charge in [0.25, 0.3) is 0 Å². The SMILES string of the molecule is c1ccc(-c2ccc(N(c3ccc(-c4cccc5ccccc45)cc3)c3ccc4ccc5ccccc5c4c3)c3c2oc2ccccc23)cc1. The lowest BCUT2D eigenvalue weighted by Crippen LogP contribution is -2.10. The van der Waals surface area contributed by atoms with E-state index in [0.29, 0.717) is 0 Å². The van der Waals surface area contributed by atoms with Crippen LogP contribution in [0.2, 0.25) is 0 Å². The van der Waals surface area contributed by atoms with Gasteiger partial charge in [0, 0.05) is 22.3 Å². The highest BCUT2D eigenvalue weighted by Crippen LogP contribution is 2.47. The summed E-state index contributed by atoms with van der Waals surface area (Å²) in [5, 5.41) is 9.62. The van der Waals surface area contributed by atoms with Crippen LogP contribution in [0, 0.1) is 0 Å². The van der Waals surface area contributed by atoms with Crippen molar-refractivity contribution in [2.24, 2.45) is 0 Å². The van der Waals surface area contributed by atoms with Gasteiger partial charge in [-0.2, -0.15) is 0 Å². The van der Waals surface area contributed by atoms with Gasteiger partial charge in [0.1, 0.15) is 11.2 Å². The monoisotopic (exact) mass is 637 g/mol. The largest absolute Gasteiger partial charge is 0.455 e. The summed E-state index contributed by atoms with van der Waals surface area (Å²) in [4.78, 5) is 2.40. The molecule has 0 N–H and O–H groups in total. The molecule has 234 valence electrons. The van der Waals surface area contributed by atoms with Crippen LogP contribution in [0.1, 0.15) is 0 Å². The second-order valence-corrected chi connectivity index (χ2v) is 12.9. The number of rotatable bonds is 5. The highest BCUT2D eigenvalue weighted by atomic mass is 16.3. The van der Waals surface area contributed by atoms with E-state index in [1.165, 1.54) is 43.4 Å². The van der Waals surface area contributed by atoms with Gasteiger partial charge < -0.3 is 9.32 Å². The fourth-order valence-electron chi connectivity index (χ4n) is 7.67. The summed E-state index contributed by atoms with van der Waals surface area (Å²) >= 11 is 0. The molecule has 0 bridgehead atoms. The first kappa shape index (κ1) is 28.4. The van der Waals surface area contributed by atoms with Gasteiger partial charge in [-0.1, -0.05) is 146 Å². The van der Waals surface area contributed by atoms with Crippen molar-refractivity contribution in [2.45, 2.75) is 0 Å². The number of hydrogen-bond acceptors (Lipinski definition) is 2. The minimum absolute atomic E-state index is 0.878. The Balaban J connectivity index is 1.23. The Morgan fingerprint density at radius 3 is 1.78 bits per heavy atom. The molecule has 1 aromatic heterocycles. The summed E-state index contributed by atoms with van der Waals surface area (Å²) in [5.74, 6) is 0. The number of nitrogens with zero attached hydrogens (tertiary/aromatic N) is 1. The second kappa shape index (κ2) is 11.5. The van der Waals surface area contributed by atoms with E-state index in [1.807, 2.05) is 6.07 Å². The van der Waals surface area contributed by atoms with Crippen LogP contribution in [0.4, 0.5) is 17.1 Å². The molecule has 1 heterocycles. The van der Waals surface area contributed by atoms with E-state index in [4.69, 9.17) is 4.42 Å². The van der Waals surface area contributed by atoms with Gasteiger partial charge in [-0.25, -0.2) is 0 Å². The molecule has 10 rings (SSSR count). The third-order valence-electron chi connectivity index (χ3n) is 10.0. The Morgan fingerprint density at radius 1 is 0.360 bits per heavy atom. The zero-order valence-corrected chi connectivity index (χ0v) is 27.3. The minimum atomic E-state index is 0.878. The summed E-state index contributed by atoms with van der Waals surface area (Å²) in [6, 6.07) is 67.5. The predicted octanol–water partition coefficient (Wildman–Crippen LogP) is 13.8. The number of benzene rings is 9. The van der Waals surface area contributed by atoms with Crippen molar-refractivity contribution < 1.29 is 4.42 Å². The smallest absolute Gasteiger partial charge is 0.145 e. The molecule has 0 aliphatic rings. The molecule has 0 unspecified atom stereocenters. The van der Waals surface area contributed by atoms with Crippen LogP contribution in [-0.2, 0) is 0 Å². The van der Waals surface area contributed by atoms with Crippen molar-refractivity contribution >= 4 is 71.3 Å². The average molecular weight is 638 g/mol. The van der Waals surface area contributed by atoms with Crippen molar-refractivity contribution in [2.75, 3.05) is 4.90 Å². The highest BCUT2D eigenvalue weighted by Gasteiger charge is 2.22. The summed E-state index contributed by atoms with van der Waals surface area (Å²) < 4.78 is 6.72. The van der Waals surface area contributed by atoms with Crippen LogP contribution in [0.3, 0.4) is 0 Å². The minimum Gasteiger partial charge on any atom is -0.455 e. The average Bonchev–Trinajstić information content (AvgIpc) is 3.58. The number of fused-ring (bicyclic) bond motifs is 7. The molecule has 0 saturated heterocycles. The molecule has 2 nitrogen and oxygen atoms in total. The van der Waals surface area contributed by atoms with Crippen LogP contribution in [0.15, 0.2) is 192 Å². The van der Waals surface area contributed by atoms with Crippen molar-refractivity contribution in [3.05, 3.63) is 188 Å². The fraction of sp³-hybridized carbons (Fsp3) is 0. The number of anilines is 3. The molecule has 9 aromatic carbocycles. The Labute approximate surface area is 290 Å². The molecule has 10 aromatic rings. The maximum atomic E-state index is 6.72. The molecular weight excluding hydrogens is 607 g/mol. The van der Waals surface area contributed by atoms with Crippen LogP contribution >= 0.6 is 0 Å². The zero-order valence-electron chi connectivity index (χ0n) is 27.3. The lowest BCUT2D eigenvalue weighted by molar-refractivity contribution is 0.670. The van der Waals surface area contributed by atoms with Crippen molar-refractivity contribution in [1.29, 1.82) is 0 Å². The van der Waals surface area contributed by atoms with E-state index < -0.39 is 0 Å². The quantitative estimate of drug-likeness (QED) is 0.175. The first-order valence-electron chi connectivity index (χ1n) is 17.1. The Bertz CT molecular complexity index is 2860. The Morgan fingerprint density at radius 2 is 0.960 bits per heavy atom. The van der Waals surface area contributed by atoms with Gasteiger partial charge in [-0.3, -0.25) is 0 Å². The molecule has 0 atom stereocenters. The Hall–Kier alpha value is -6.64. The van der Waals surface area contributed by atoms with Crippen molar-refractivity contribution in [3.8, 4) is 22.3 Å². The molecular formula is C48H31NO. The molecule has 0 aliphatic carbocycles. The van der Waals surface area contributed by atoms with Gasteiger partial charge in [0.2, 0.25) is 0 Å². The lowest BCUT2D eigenvalue weighted by Gasteiger charge is -2.27. The molecule has 50 heavy (non-hydrogen) atoms. The maximum Gasteiger partial charge on any atom is 0.145 e. The second-order valence-electron chi connectivity index (χ2n) is 12.9. The normalized spacial score (nSPS) is 11.6. The van der Waals surface area contributed by atoms with Gasteiger partial charge >= 0.3 is 0 Å². The summed E-state index contributed by atoms with van der Waals surface area (Å²) in [7, 11) is 0.